The molecule has 0 bridgehead atoms. The standard InChI is InChI=1S/C10H17N5OS/c11-3-4-13-9(16)7-8(12)14-10(17-7)15-5-1-2-6-15/h1-6,11-12H2,(H,13,16). The Morgan fingerprint density at radius 1 is 1.47 bits per heavy atom. The molecule has 7 heteroatoms. The Morgan fingerprint density at radius 2 is 2.18 bits per heavy atom. The SMILES string of the molecule is NCCNC(=O)c1sc(N2CCCC2)nc1N. The lowest BCUT2D eigenvalue weighted by molar-refractivity contribution is 0.0959. The van der Waals surface area contributed by atoms with Crippen LogP contribution in [0.4, 0.5) is 10.9 Å². The molecule has 2 heterocycles. The van der Waals surface area contributed by atoms with Crippen molar-refractivity contribution in [2.75, 3.05) is 36.8 Å². The summed E-state index contributed by atoms with van der Waals surface area (Å²) in [6.07, 6.45) is 2.35. The van der Waals surface area contributed by atoms with Crippen LogP contribution < -0.4 is 21.7 Å². The molecule has 17 heavy (non-hydrogen) atoms. The minimum Gasteiger partial charge on any atom is -0.382 e. The first-order chi connectivity index (χ1) is 8.22. The third kappa shape index (κ3) is 2.67. The molecule has 0 radical (unpaired) electrons. The highest BCUT2D eigenvalue weighted by Crippen LogP contribution is 2.30. The number of amides is 1. The fraction of sp³-hybridized carbons (Fsp3) is 0.600. The second-order valence-corrected chi connectivity index (χ2v) is 4.93. The number of thiazole rings is 1. The zero-order valence-corrected chi connectivity index (χ0v) is 10.4. The van der Waals surface area contributed by atoms with E-state index in [0.29, 0.717) is 23.8 Å². The average molecular weight is 255 g/mol. The number of nitrogens with one attached hydrogen (secondary N) is 1. The highest BCUT2D eigenvalue weighted by molar-refractivity contribution is 7.18. The van der Waals surface area contributed by atoms with Crippen LogP contribution in [0.3, 0.4) is 0 Å². The lowest BCUT2D eigenvalue weighted by atomic mass is 10.4. The number of hydrogen-bond donors (Lipinski definition) is 3. The summed E-state index contributed by atoms with van der Waals surface area (Å²) in [5.41, 5.74) is 11.1. The van der Waals surface area contributed by atoms with Gasteiger partial charge in [-0.1, -0.05) is 11.3 Å². The van der Waals surface area contributed by atoms with E-state index >= 15 is 0 Å². The number of carbonyl (C=O) groups excluding carboxylic acids is 1. The number of nitrogens with two attached hydrogens (primary N) is 2. The van der Waals surface area contributed by atoms with Crippen LogP contribution in [0, 0.1) is 0 Å². The van der Waals surface area contributed by atoms with Gasteiger partial charge in [-0.05, 0) is 12.8 Å². The van der Waals surface area contributed by atoms with E-state index < -0.39 is 0 Å². The van der Waals surface area contributed by atoms with Gasteiger partial charge < -0.3 is 21.7 Å². The van der Waals surface area contributed by atoms with Crippen LogP contribution >= 0.6 is 11.3 Å². The number of nitrogen functional groups attached to an aromatic ring is 1. The van der Waals surface area contributed by atoms with Crippen molar-refractivity contribution in [3.63, 3.8) is 0 Å². The monoisotopic (exact) mass is 255 g/mol. The first-order valence-electron chi connectivity index (χ1n) is 5.72. The van der Waals surface area contributed by atoms with Crippen molar-refractivity contribution in [3.8, 4) is 0 Å². The summed E-state index contributed by atoms with van der Waals surface area (Å²) < 4.78 is 0. The molecule has 2 rings (SSSR count). The van der Waals surface area contributed by atoms with Gasteiger partial charge in [0.05, 0.1) is 0 Å². The topological polar surface area (TPSA) is 97.3 Å². The molecular weight excluding hydrogens is 238 g/mol. The molecule has 0 aliphatic carbocycles. The number of hydrogen-bond acceptors (Lipinski definition) is 6. The van der Waals surface area contributed by atoms with E-state index in [0.717, 1.165) is 18.2 Å². The van der Waals surface area contributed by atoms with E-state index in [-0.39, 0.29) is 5.91 Å². The highest BCUT2D eigenvalue weighted by Gasteiger charge is 2.21. The van der Waals surface area contributed by atoms with Crippen molar-refractivity contribution in [2.45, 2.75) is 12.8 Å². The van der Waals surface area contributed by atoms with Crippen LogP contribution in [0.1, 0.15) is 22.5 Å². The second-order valence-electron chi connectivity index (χ2n) is 3.95. The maximum absolute atomic E-state index is 11.8. The third-order valence-electron chi connectivity index (χ3n) is 2.65. The first kappa shape index (κ1) is 12.1. The van der Waals surface area contributed by atoms with E-state index in [1.807, 2.05) is 0 Å². The van der Waals surface area contributed by atoms with Gasteiger partial charge in [-0.2, -0.15) is 0 Å². The number of nitrogens with zero attached hydrogens (tertiary/aromatic N) is 2. The van der Waals surface area contributed by atoms with Crippen molar-refractivity contribution < 1.29 is 4.79 Å². The summed E-state index contributed by atoms with van der Waals surface area (Å²) in [6.45, 7) is 2.87. The molecule has 0 saturated carbocycles. The summed E-state index contributed by atoms with van der Waals surface area (Å²) in [5, 5.41) is 3.55. The molecule has 1 aliphatic heterocycles. The van der Waals surface area contributed by atoms with Gasteiger partial charge in [0.2, 0.25) is 0 Å². The highest BCUT2D eigenvalue weighted by atomic mass is 32.1. The molecule has 5 N–H and O–H groups in total. The molecule has 0 aromatic carbocycles. The lowest BCUT2D eigenvalue weighted by Crippen LogP contribution is -2.28. The zero-order valence-electron chi connectivity index (χ0n) is 9.61. The average Bonchev–Trinajstić information content (AvgIpc) is 2.94. The van der Waals surface area contributed by atoms with Crippen LogP contribution in [-0.2, 0) is 0 Å². The summed E-state index contributed by atoms with van der Waals surface area (Å²) in [6, 6.07) is 0. The number of rotatable bonds is 4. The number of anilines is 2. The van der Waals surface area contributed by atoms with Crippen LogP contribution in [0.25, 0.3) is 0 Å². The minimum absolute atomic E-state index is 0.184. The summed E-state index contributed by atoms with van der Waals surface area (Å²) in [4.78, 5) is 18.7. The largest absolute Gasteiger partial charge is 0.382 e. The molecule has 1 amide bonds. The fourth-order valence-electron chi connectivity index (χ4n) is 1.79. The maximum atomic E-state index is 11.8. The molecular formula is C10H17N5OS. The van der Waals surface area contributed by atoms with Gasteiger partial charge in [-0.15, -0.1) is 0 Å². The van der Waals surface area contributed by atoms with Gasteiger partial charge in [-0.3, -0.25) is 4.79 Å². The van der Waals surface area contributed by atoms with Gasteiger partial charge in [0.15, 0.2) is 5.13 Å². The fourth-order valence-corrected chi connectivity index (χ4v) is 2.75. The number of carbonyl (C=O) groups is 1. The lowest BCUT2D eigenvalue weighted by Gasteiger charge is -2.11. The van der Waals surface area contributed by atoms with Crippen molar-refractivity contribution >= 4 is 28.2 Å². The Bertz CT molecular complexity index is 399. The van der Waals surface area contributed by atoms with E-state index in [4.69, 9.17) is 11.5 Å². The summed E-state index contributed by atoms with van der Waals surface area (Å²) >= 11 is 1.35. The molecule has 1 aromatic heterocycles. The Balaban J connectivity index is 2.09. The molecule has 1 fully saturated rings. The van der Waals surface area contributed by atoms with Gasteiger partial charge >= 0.3 is 0 Å². The Morgan fingerprint density at radius 3 is 2.82 bits per heavy atom. The summed E-state index contributed by atoms with van der Waals surface area (Å²) in [7, 11) is 0. The van der Waals surface area contributed by atoms with Crippen LogP contribution in [-0.4, -0.2) is 37.1 Å². The quantitative estimate of drug-likeness (QED) is 0.704. The first-order valence-corrected chi connectivity index (χ1v) is 6.53. The van der Waals surface area contributed by atoms with Gasteiger partial charge in [0, 0.05) is 26.2 Å². The summed E-state index contributed by atoms with van der Waals surface area (Å²) in [5.74, 6) is 0.127. The van der Waals surface area contributed by atoms with Gasteiger partial charge in [0.1, 0.15) is 10.7 Å². The van der Waals surface area contributed by atoms with Crippen molar-refractivity contribution in [3.05, 3.63) is 4.88 Å². The molecule has 0 unspecified atom stereocenters. The van der Waals surface area contributed by atoms with E-state index in [1.54, 1.807) is 0 Å². The zero-order chi connectivity index (χ0) is 12.3. The Kier molecular flexibility index (Phi) is 3.80. The molecule has 0 atom stereocenters. The number of aromatic nitrogens is 1. The van der Waals surface area contributed by atoms with Crippen molar-refractivity contribution in [1.29, 1.82) is 0 Å². The van der Waals surface area contributed by atoms with Crippen LogP contribution in [0.15, 0.2) is 0 Å². The van der Waals surface area contributed by atoms with Crippen molar-refractivity contribution in [2.24, 2.45) is 5.73 Å². The molecule has 94 valence electrons. The molecule has 1 aliphatic rings. The van der Waals surface area contributed by atoms with E-state index in [1.165, 1.54) is 24.2 Å². The normalized spacial score (nSPS) is 15.2. The predicted molar refractivity (Wildman–Crippen MR) is 69.4 cm³/mol. The maximum Gasteiger partial charge on any atom is 0.265 e. The Labute approximate surface area is 104 Å². The van der Waals surface area contributed by atoms with Crippen molar-refractivity contribution in [1.82, 2.24) is 10.3 Å². The minimum atomic E-state index is -0.184. The second kappa shape index (κ2) is 5.33. The van der Waals surface area contributed by atoms with Gasteiger partial charge in [-0.25, -0.2) is 4.98 Å². The smallest absolute Gasteiger partial charge is 0.265 e. The molecule has 1 aromatic rings. The van der Waals surface area contributed by atoms with E-state index in [9.17, 15) is 4.79 Å². The van der Waals surface area contributed by atoms with Gasteiger partial charge in [0.25, 0.3) is 5.91 Å². The third-order valence-corrected chi connectivity index (χ3v) is 3.79. The van der Waals surface area contributed by atoms with Crippen LogP contribution in [0.5, 0.6) is 0 Å². The predicted octanol–water partition coefficient (Wildman–Crippen LogP) is 0.0140. The molecule has 6 nitrogen and oxygen atoms in total. The Hall–Kier alpha value is -1.34. The molecule has 0 spiro atoms. The van der Waals surface area contributed by atoms with E-state index in [2.05, 4.69) is 15.2 Å². The van der Waals surface area contributed by atoms with Crippen LogP contribution in [0.2, 0.25) is 0 Å². The molecule has 1 saturated heterocycles.